The Balaban J connectivity index is 1.93. The molecule has 0 N–H and O–H groups in total. The lowest BCUT2D eigenvalue weighted by Gasteiger charge is -2.12. The lowest BCUT2D eigenvalue weighted by Crippen LogP contribution is -2.36. The number of thiazole rings is 1. The molecule has 9 heteroatoms. The Morgan fingerprint density at radius 2 is 2.14 bits per heavy atom. The lowest BCUT2D eigenvalue weighted by molar-refractivity contribution is -0.141. The first-order valence-corrected chi connectivity index (χ1v) is 10.3. The number of halogens is 1. The minimum Gasteiger partial charge on any atom is -0.468 e. The van der Waals surface area contributed by atoms with Crippen molar-refractivity contribution in [1.82, 2.24) is 9.55 Å². The summed E-state index contributed by atoms with van der Waals surface area (Å²) in [5.74, 6) is -0.856. The molecule has 1 aliphatic rings. The van der Waals surface area contributed by atoms with Crippen molar-refractivity contribution >= 4 is 45.9 Å². The van der Waals surface area contributed by atoms with Crippen LogP contribution < -0.4 is 19.7 Å². The fourth-order valence-corrected chi connectivity index (χ4v) is 5.30. The van der Waals surface area contributed by atoms with Gasteiger partial charge in [0.25, 0.3) is 5.56 Å². The zero-order chi connectivity index (χ0) is 20.5. The first-order chi connectivity index (χ1) is 14.0. The first-order valence-electron chi connectivity index (χ1n) is 8.62. The van der Waals surface area contributed by atoms with Gasteiger partial charge in [-0.25, -0.2) is 4.39 Å². The SMILES string of the molecule is COC(=O)Cn1c(=Cc2ccccn2)sc(=C2Sc3ccc(F)cc3N2C)c1=O. The summed E-state index contributed by atoms with van der Waals surface area (Å²) in [7, 11) is 3.07. The third-order valence-electron chi connectivity index (χ3n) is 4.37. The fraction of sp³-hybridized carbons (Fsp3) is 0.150. The van der Waals surface area contributed by atoms with E-state index in [1.54, 1.807) is 36.4 Å². The number of rotatable bonds is 3. The monoisotopic (exact) mass is 429 g/mol. The van der Waals surface area contributed by atoms with Crippen LogP contribution in [-0.4, -0.2) is 29.7 Å². The Labute approximate surface area is 173 Å². The highest BCUT2D eigenvalue weighted by molar-refractivity contribution is 8.08. The second-order valence-corrected chi connectivity index (χ2v) is 8.28. The van der Waals surface area contributed by atoms with Crippen molar-refractivity contribution in [3.63, 3.8) is 0 Å². The molecule has 0 spiro atoms. The second kappa shape index (κ2) is 7.84. The van der Waals surface area contributed by atoms with Crippen LogP contribution in [0.1, 0.15) is 5.69 Å². The maximum Gasteiger partial charge on any atom is 0.325 e. The molecule has 3 heterocycles. The predicted molar refractivity (Wildman–Crippen MR) is 112 cm³/mol. The summed E-state index contributed by atoms with van der Waals surface area (Å²) in [4.78, 5) is 32.0. The van der Waals surface area contributed by atoms with E-state index in [1.165, 1.54) is 46.9 Å². The average molecular weight is 429 g/mol. The van der Waals surface area contributed by atoms with Crippen LogP contribution in [0.15, 0.2) is 52.3 Å². The molecule has 3 aromatic rings. The van der Waals surface area contributed by atoms with Crippen molar-refractivity contribution in [2.24, 2.45) is 0 Å². The number of thioether (sulfide) groups is 1. The molecule has 0 saturated carbocycles. The smallest absolute Gasteiger partial charge is 0.325 e. The highest BCUT2D eigenvalue weighted by atomic mass is 32.2. The van der Waals surface area contributed by atoms with E-state index < -0.39 is 5.97 Å². The van der Waals surface area contributed by atoms with Gasteiger partial charge in [-0.3, -0.25) is 19.1 Å². The summed E-state index contributed by atoms with van der Waals surface area (Å²) in [6.45, 7) is -0.201. The molecule has 0 fully saturated rings. The van der Waals surface area contributed by atoms with Crippen molar-refractivity contribution in [1.29, 1.82) is 0 Å². The van der Waals surface area contributed by atoms with E-state index in [-0.39, 0.29) is 17.9 Å². The van der Waals surface area contributed by atoms with Crippen molar-refractivity contribution in [2.75, 3.05) is 19.1 Å². The number of benzene rings is 1. The first kappa shape index (κ1) is 19.4. The number of nitrogens with zero attached hydrogens (tertiary/aromatic N) is 3. The molecule has 0 radical (unpaired) electrons. The predicted octanol–water partition coefficient (Wildman–Crippen LogP) is 1.75. The fourth-order valence-electron chi connectivity index (χ4n) is 2.92. The second-order valence-electron chi connectivity index (χ2n) is 6.21. The van der Waals surface area contributed by atoms with Gasteiger partial charge in [0, 0.05) is 18.1 Å². The van der Waals surface area contributed by atoms with Crippen LogP contribution >= 0.6 is 23.1 Å². The minimum absolute atomic E-state index is 0.201. The maximum atomic E-state index is 13.7. The standard InChI is InChI=1S/C20H16FN3O3S2/c1-23-14-9-12(21)6-7-15(14)28-20(23)18-19(26)24(11-17(25)27-2)16(29-18)10-13-5-3-4-8-22-13/h3-10H,11H2,1-2H3. The maximum absolute atomic E-state index is 13.7. The van der Waals surface area contributed by atoms with Gasteiger partial charge in [-0.05, 0) is 36.4 Å². The van der Waals surface area contributed by atoms with Crippen LogP contribution in [0.25, 0.3) is 11.1 Å². The molecule has 0 saturated heterocycles. The van der Waals surface area contributed by atoms with Gasteiger partial charge in [-0.15, -0.1) is 11.3 Å². The molecule has 148 valence electrons. The third-order valence-corrected chi connectivity index (χ3v) is 6.86. The molecule has 4 rings (SSSR count). The molecule has 2 aromatic heterocycles. The molecule has 29 heavy (non-hydrogen) atoms. The summed E-state index contributed by atoms with van der Waals surface area (Å²) in [5, 5.41) is 0.694. The van der Waals surface area contributed by atoms with Crippen LogP contribution in [-0.2, 0) is 16.1 Å². The molecule has 0 amide bonds. The summed E-state index contributed by atoms with van der Waals surface area (Å²) in [5.41, 5.74) is 1.07. The van der Waals surface area contributed by atoms with E-state index in [9.17, 15) is 14.0 Å². The Morgan fingerprint density at radius 3 is 2.86 bits per heavy atom. The number of aromatic nitrogens is 2. The van der Waals surface area contributed by atoms with Crippen LogP contribution in [0.4, 0.5) is 10.1 Å². The number of hydrogen-bond donors (Lipinski definition) is 0. The molecule has 0 unspecified atom stereocenters. The van der Waals surface area contributed by atoms with E-state index in [0.29, 0.717) is 25.6 Å². The molecule has 6 nitrogen and oxygen atoms in total. The summed E-state index contributed by atoms with van der Waals surface area (Å²) in [6, 6.07) is 9.99. The molecular formula is C20H16FN3O3S2. The Morgan fingerprint density at radius 1 is 1.31 bits per heavy atom. The third kappa shape index (κ3) is 3.70. The summed E-state index contributed by atoms with van der Waals surface area (Å²) in [6.07, 6.45) is 3.41. The zero-order valence-electron chi connectivity index (χ0n) is 15.6. The normalized spacial score (nSPS) is 15.6. The number of fused-ring (bicyclic) bond motifs is 1. The molecule has 1 aromatic carbocycles. The van der Waals surface area contributed by atoms with Crippen molar-refractivity contribution in [3.8, 4) is 0 Å². The van der Waals surface area contributed by atoms with E-state index in [1.807, 2.05) is 12.1 Å². The van der Waals surface area contributed by atoms with Crippen molar-refractivity contribution in [2.45, 2.75) is 11.4 Å². The molecule has 1 aliphatic heterocycles. The van der Waals surface area contributed by atoms with Gasteiger partial charge in [0.1, 0.15) is 26.6 Å². The quantitative estimate of drug-likeness (QED) is 0.591. The van der Waals surface area contributed by atoms with Crippen molar-refractivity contribution in [3.05, 3.63) is 73.7 Å². The van der Waals surface area contributed by atoms with Gasteiger partial charge in [0.05, 0.1) is 18.5 Å². The average Bonchev–Trinajstić information content (AvgIpc) is 3.20. The number of anilines is 1. The van der Waals surface area contributed by atoms with Crippen molar-refractivity contribution < 1.29 is 13.9 Å². The van der Waals surface area contributed by atoms with Crippen LogP contribution in [0.2, 0.25) is 0 Å². The molecular weight excluding hydrogens is 413 g/mol. The minimum atomic E-state index is -0.519. The number of pyridine rings is 1. The van der Waals surface area contributed by atoms with Gasteiger partial charge in [-0.2, -0.15) is 0 Å². The van der Waals surface area contributed by atoms with Gasteiger partial charge in [0.15, 0.2) is 0 Å². The van der Waals surface area contributed by atoms with Crippen LogP contribution in [0, 0.1) is 5.82 Å². The van der Waals surface area contributed by atoms with Gasteiger partial charge in [0.2, 0.25) is 0 Å². The number of hydrogen-bond acceptors (Lipinski definition) is 7. The van der Waals surface area contributed by atoms with Gasteiger partial charge in [-0.1, -0.05) is 17.8 Å². The van der Waals surface area contributed by atoms with E-state index in [2.05, 4.69) is 4.98 Å². The molecule has 0 atom stereocenters. The Bertz CT molecular complexity index is 1270. The zero-order valence-corrected chi connectivity index (χ0v) is 17.2. The Kier molecular flexibility index (Phi) is 5.25. The summed E-state index contributed by atoms with van der Waals surface area (Å²) >= 11 is 2.66. The number of carbonyl (C=O) groups excluding carboxylic acids is 1. The number of esters is 1. The number of ether oxygens (including phenoxy) is 1. The summed E-state index contributed by atoms with van der Waals surface area (Å²) < 4.78 is 20.8. The largest absolute Gasteiger partial charge is 0.468 e. The van der Waals surface area contributed by atoms with E-state index in [0.717, 1.165) is 4.90 Å². The highest BCUT2D eigenvalue weighted by Crippen LogP contribution is 2.45. The number of carbonyl (C=O) groups is 1. The highest BCUT2D eigenvalue weighted by Gasteiger charge is 2.25. The van der Waals surface area contributed by atoms with E-state index in [4.69, 9.17) is 4.74 Å². The van der Waals surface area contributed by atoms with Gasteiger partial charge < -0.3 is 9.64 Å². The van der Waals surface area contributed by atoms with Gasteiger partial charge >= 0.3 is 5.97 Å². The molecule has 0 bridgehead atoms. The lowest BCUT2D eigenvalue weighted by atomic mass is 10.3. The van der Waals surface area contributed by atoms with Crippen LogP contribution in [0.5, 0.6) is 0 Å². The molecule has 0 aliphatic carbocycles. The van der Waals surface area contributed by atoms with E-state index >= 15 is 0 Å². The number of methoxy groups -OCH3 is 1. The van der Waals surface area contributed by atoms with Crippen LogP contribution in [0.3, 0.4) is 0 Å². The topological polar surface area (TPSA) is 64.4 Å². The Hall–Kier alpha value is -2.91.